The van der Waals surface area contributed by atoms with E-state index in [4.69, 9.17) is 0 Å². The van der Waals surface area contributed by atoms with Gasteiger partial charge in [0, 0.05) is 18.3 Å². The maximum absolute atomic E-state index is 11.3. The van der Waals surface area contributed by atoms with Gasteiger partial charge in [0.05, 0.1) is 11.2 Å². The Labute approximate surface area is 104 Å². The first kappa shape index (κ1) is 11.6. The Hall–Kier alpha value is -1.88. The number of carbonyl (C=O) groups is 1. The molecular formula is C12H13N3OS. The van der Waals surface area contributed by atoms with Gasteiger partial charge < -0.3 is 10.6 Å². The minimum Gasteiger partial charge on any atom is -0.355 e. The monoisotopic (exact) mass is 247 g/mol. The Kier molecular flexibility index (Phi) is 3.39. The van der Waals surface area contributed by atoms with Crippen LogP contribution < -0.4 is 10.6 Å². The van der Waals surface area contributed by atoms with Gasteiger partial charge in [-0.1, -0.05) is 0 Å². The van der Waals surface area contributed by atoms with Crippen molar-refractivity contribution in [2.24, 2.45) is 0 Å². The highest BCUT2D eigenvalue weighted by Crippen LogP contribution is 2.22. The van der Waals surface area contributed by atoms with Crippen molar-refractivity contribution in [3.8, 4) is 0 Å². The highest BCUT2D eigenvalue weighted by atomic mass is 32.1. The predicted molar refractivity (Wildman–Crippen MR) is 70.0 cm³/mol. The topological polar surface area (TPSA) is 54.0 Å². The number of aryl methyl sites for hydroxylation is 1. The van der Waals surface area contributed by atoms with Crippen LogP contribution in [-0.4, -0.2) is 17.9 Å². The van der Waals surface area contributed by atoms with Crippen LogP contribution in [0.15, 0.2) is 30.5 Å². The molecule has 0 unspecified atom stereocenters. The molecule has 0 bridgehead atoms. The minimum absolute atomic E-state index is 0.0785. The minimum atomic E-state index is -0.0785. The first-order chi connectivity index (χ1) is 8.19. The lowest BCUT2D eigenvalue weighted by Crippen LogP contribution is -2.17. The van der Waals surface area contributed by atoms with Gasteiger partial charge in [-0.2, -0.15) is 0 Å². The molecule has 0 aliphatic heterocycles. The van der Waals surface area contributed by atoms with Gasteiger partial charge in [0.2, 0.25) is 0 Å². The molecule has 0 spiro atoms. The summed E-state index contributed by atoms with van der Waals surface area (Å²) in [4.78, 5) is 15.5. The number of carbonyl (C=O) groups excluding carboxylic acids is 1. The molecule has 17 heavy (non-hydrogen) atoms. The third-order valence-electron chi connectivity index (χ3n) is 2.26. The number of thiazole rings is 1. The summed E-state index contributed by atoms with van der Waals surface area (Å²) in [5.41, 5.74) is 1.60. The predicted octanol–water partition coefficient (Wildman–Crippen LogP) is 2.55. The molecule has 0 saturated heterocycles. The Balaban J connectivity index is 2.10. The fourth-order valence-electron chi connectivity index (χ4n) is 1.41. The van der Waals surface area contributed by atoms with Crippen molar-refractivity contribution in [2.45, 2.75) is 6.92 Å². The van der Waals surface area contributed by atoms with Crippen LogP contribution in [0.2, 0.25) is 0 Å². The zero-order chi connectivity index (χ0) is 12.3. The van der Waals surface area contributed by atoms with Gasteiger partial charge in [0.15, 0.2) is 0 Å². The van der Waals surface area contributed by atoms with Crippen molar-refractivity contribution in [3.05, 3.63) is 41.0 Å². The van der Waals surface area contributed by atoms with E-state index in [-0.39, 0.29) is 5.91 Å². The Bertz CT molecular complexity index is 519. The molecule has 1 amide bonds. The van der Waals surface area contributed by atoms with Crippen LogP contribution in [0.5, 0.6) is 0 Å². The number of hydrogen-bond acceptors (Lipinski definition) is 4. The molecule has 4 nitrogen and oxygen atoms in total. The van der Waals surface area contributed by atoms with Gasteiger partial charge in [0.25, 0.3) is 5.91 Å². The number of benzene rings is 1. The van der Waals surface area contributed by atoms with E-state index in [1.807, 2.05) is 19.1 Å². The van der Waals surface area contributed by atoms with Crippen LogP contribution >= 0.6 is 11.3 Å². The number of anilines is 2. The maximum Gasteiger partial charge on any atom is 0.251 e. The summed E-state index contributed by atoms with van der Waals surface area (Å²) in [6.45, 7) is 1.96. The molecule has 88 valence electrons. The first-order valence-electron chi connectivity index (χ1n) is 5.20. The standard InChI is InChI=1S/C12H13N3OS/c1-8-14-7-11(17-8)15-10-5-3-9(4-6-10)12(16)13-2/h3-7,15H,1-2H3,(H,13,16). The molecule has 0 saturated carbocycles. The average Bonchev–Trinajstić information content (AvgIpc) is 2.75. The number of nitrogens with zero attached hydrogens (tertiary/aromatic N) is 1. The summed E-state index contributed by atoms with van der Waals surface area (Å²) in [7, 11) is 1.62. The number of rotatable bonds is 3. The second kappa shape index (κ2) is 4.97. The normalized spacial score (nSPS) is 10.0. The van der Waals surface area contributed by atoms with Crippen molar-refractivity contribution in [3.63, 3.8) is 0 Å². The van der Waals surface area contributed by atoms with E-state index in [9.17, 15) is 4.79 Å². The summed E-state index contributed by atoms with van der Waals surface area (Å²) in [5, 5.41) is 7.84. The zero-order valence-electron chi connectivity index (χ0n) is 9.65. The number of amides is 1. The fraction of sp³-hybridized carbons (Fsp3) is 0.167. The molecule has 0 aliphatic carbocycles. The van der Waals surface area contributed by atoms with Crippen LogP contribution in [0.1, 0.15) is 15.4 Å². The van der Waals surface area contributed by atoms with Crippen molar-refractivity contribution < 1.29 is 4.79 Å². The van der Waals surface area contributed by atoms with Crippen LogP contribution in [-0.2, 0) is 0 Å². The van der Waals surface area contributed by atoms with Crippen molar-refractivity contribution >= 4 is 27.9 Å². The Morgan fingerprint density at radius 2 is 2.00 bits per heavy atom. The van der Waals surface area contributed by atoms with Crippen LogP contribution in [0.25, 0.3) is 0 Å². The fourth-order valence-corrected chi connectivity index (χ4v) is 2.11. The molecule has 0 radical (unpaired) electrons. The van der Waals surface area contributed by atoms with E-state index in [2.05, 4.69) is 15.6 Å². The molecule has 1 aromatic heterocycles. The van der Waals surface area contributed by atoms with Crippen LogP contribution in [0.4, 0.5) is 10.7 Å². The highest BCUT2D eigenvalue weighted by Gasteiger charge is 2.03. The van der Waals surface area contributed by atoms with Crippen molar-refractivity contribution in [1.82, 2.24) is 10.3 Å². The summed E-state index contributed by atoms with van der Waals surface area (Å²) in [6, 6.07) is 7.32. The molecule has 5 heteroatoms. The van der Waals surface area contributed by atoms with E-state index >= 15 is 0 Å². The van der Waals surface area contributed by atoms with E-state index in [1.54, 1.807) is 36.7 Å². The van der Waals surface area contributed by atoms with Gasteiger partial charge in [-0.15, -0.1) is 11.3 Å². The van der Waals surface area contributed by atoms with Crippen molar-refractivity contribution in [2.75, 3.05) is 12.4 Å². The largest absolute Gasteiger partial charge is 0.355 e. The van der Waals surface area contributed by atoms with Crippen LogP contribution in [0, 0.1) is 6.92 Å². The van der Waals surface area contributed by atoms with Gasteiger partial charge in [-0.3, -0.25) is 4.79 Å². The Morgan fingerprint density at radius 3 is 2.53 bits per heavy atom. The third-order valence-corrected chi connectivity index (χ3v) is 3.09. The molecule has 0 aliphatic rings. The molecule has 2 aromatic rings. The lowest BCUT2D eigenvalue weighted by atomic mass is 10.2. The molecule has 2 rings (SSSR count). The Morgan fingerprint density at radius 1 is 1.29 bits per heavy atom. The third kappa shape index (κ3) is 2.82. The lowest BCUT2D eigenvalue weighted by molar-refractivity contribution is 0.0963. The molecule has 2 N–H and O–H groups in total. The summed E-state index contributed by atoms with van der Waals surface area (Å²) in [6.07, 6.45) is 1.80. The number of aromatic nitrogens is 1. The highest BCUT2D eigenvalue weighted by molar-refractivity contribution is 7.15. The number of nitrogens with one attached hydrogen (secondary N) is 2. The second-order valence-corrected chi connectivity index (χ2v) is 4.76. The van der Waals surface area contributed by atoms with Crippen LogP contribution in [0.3, 0.4) is 0 Å². The summed E-state index contributed by atoms with van der Waals surface area (Å²) < 4.78 is 0. The smallest absolute Gasteiger partial charge is 0.251 e. The SMILES string of the molecule is CNC(=O)c1ccc(Nc2cnc(C)s2)cc1. The summed E-state index contributed by atoms with van der Waals surface area (Å²) >= 11 is 1.60. The first-order valence-corrected chi connectivity index (χ1v) is 6.02. The van der Waals surface area contributed by atoms with Gasteiger partial charge in [0.1, 0.15) is 5.00 Å². The molecule has 0 fully saturated rings. The summed E-state index contributed by atoms with van der Waals surface area (Å²) in [5.74, 6) is -0.0785. The zero-order valence-corrected chi connectivity index (χ0v) is 10.5. The maximum atomic E-state index is 11.3. The van der Waals surface area contributed by atoms with E-state index in [0.717, 1.165) is 15.7 Å². The quantitative estimate of drug-likeness (QED) is 0.876. The molecule has 1 heterocycles. The van der Waals surface area contributed by atoms with E-state index in [0.29, 0.717) is 5.56 Å². The molecular weight excluding hydrogens is 234 g/mol. The van der Waals surface area contributed by atoms with Gasteiger partial charge in [-0.25, -0.2) is 4.98 Å². The lowest BCUT2D eigenvalue weighted by Gasteiger charge is -2.04. The molecule has 0 atom stereocenters. The van der Waals surface area contributed by atoms with E-state index in [1.165, 1.54) is 0 Å². The average molecular weight is 247 g/mol. The van der Waals surface area contributed by atoms with Gasteiger partial charge >= 0.3 is 0 Å². The molecule has 1 aromatic carbocycles. The van der Waals surface area contributed by atoms with E-state index < -0.39 is 0 Å². The number of hydrogen-bond donors (Lipinski definition) is 2. The van der Waals surface area contributed by atoms with Crippen molar-refractivity contribution in [1.29, 1.82) is 0 Å². The second-order valence-electron chi connectivity index (χ2n) is 3.53. The van der Waals surface area contributed by atoms with Gasteiger partial charge in [-0.05, 0) is 31.2 Å².